The maximum atomic E-state index is 12.3. The predicted octanol–water partition coefficient (Wildman–Crippen LogP) is 3.85. The number of amides is 2. The Morgan fingerprint density at radius 1 is 1.20 bits per heavy atom. The van der Waals surface area contributed by atoms with Crippen LogP contribution in [0.2, 0.25) is 0 Å². The molecule has 1 aliphatic carbocycles. The third-order valence-electron chi connectivity index (χ3n) is 4.33. The van der Waals surface area contributed by atoms with Gasteiger partial charge in [-0.3, -0.25) is 4.90 Å². The average molecular weight is 270 g/mol. The first kappa shape index (κ1) is 13.2. The minimum absolute atomic E-state index is 0.00797. The summed E-state index contributed by atoms with van der Waals surface area (Å²) in [4.78, 5) is 14.2. The number of rotatable bonds is 2. The molecular formula is C17H22N2O. The molecule has 0 radical (unpaired) electrons. The maximum absolute atomic E-state index is 12.3. The third-order valence-corrected chi connectivity index (χ3v) is 4.33. The molecule has 1 aliphatic heterocycles. The summed E-state index contributed by atoms with van der Waals surface area (Å²) in [5.74, 6) is 0.656. The summed E-state index contributed by atoms with van der Waals surface area (Å²) in [6.45, 7) is 0.806. The number of aryl methyl sites for hydroxylation is 1. The van der Waals surface area contributed by atoms with Gasteiger partial charge in [-0.2, -0.15) is 0 Å². The Kier molecular flexibility index (Phi) is 4.05. The number of hydrogen-bond acceptors (Lipinski definition) is 1. The molecule has 1 fully saturated rings. The molecular weight excluding hydrogens is 248 g/mol. The van der Waals surface area contributed by atoms with Gasteiger partial charge in [0, 0.05) is 18.4 Å². The van der Waals surface area contributed by atoms with Crippen LogP contribution in [-0.4, -0.2) is 12.6 Å². The van der Waals surface area contributed by atoms with Gasteiger partial charge in [0.15, 0.2) is 0 Å². The average Bonchev–Trinajstić information content (AvgIpc) is 3.00. The van der Waals surface area contributed by atoms with E-state index >= 15 is 0 Å². The number of hydrogen-bond donors (Lipinski definition) is 1. The Balaban J connectivity index is 1.63. The van der Waals surface area contributed by atoms with E-state index in [0.29, 0.717) is 5.92 Å². The van der Waals surface area contributed by atoms with Crippen molar-refractivity contribution in [3.8, 4) is 0 Å². The highest BCUT2D eigenvalue weighted by atomic mass is 16.2. The van der Waals surface area contributed by atoms with E-state index in [1.165, 1.54) is 31.2 Å². The van der Waals surface area contributed by atoms with Crippen molar-refractivity contribution in [2.75, 3.05) is 11.4 Å². The van der Waals surface area contributed by atoms with Gasteiger partial charge in [-0.15, -0.1) is 0 Å². The molecule has 2 amide bonds. The molecule has 1 saturated carbocycles. The number of nitrogens with zero attached hydrogens (tertiary/aromatic N) is 1. The second-order valence-corrected chi connectivity index (χ2v) is 5.74. The molecule has 1 aromatic carbocycles. The van der Waals surface area contributed by atoms with Crippen LogP contribution in [0.3, 0.4) is 0 Å². The summed E-state index contributed by atoms with van der Waals surface area (Å²) in [6, 6.07) is 8.18. The summed E-state index contributed by atoms with van der Waals surface area (Å²) in [5, 5.41) is 2.93. The number of fused-ring (bicyclic) bond motifs is 1. The smallest absolute Gasteiger partial charge is 0.315 e. The first-order valence-electron chi connectivity index (χ1n) is 7.67. The molecule has 3 rings (SSSR count). The van der Waals surface area contributed by atoms with Crippen LogP contribution in [0.25, 0.3) is 0 Å². The van der Waals surface area contributed by atoms with Gasteiger partial charge in [0.1, 0.15) is 0 Å². The summed E-state index contributed by atoms with van der Waals surface area (Å²) in [7, 11) is 0. The lowest BCUT2D eigenvalue weighted by atomic mass is 10.0. The molecule has 1 heterocycles. The first-order chi connectivity index (χ1) is 9.84. The van der Waals surface area contributed by atoms with Crippen LogP contribution in [0, 0.1) is 5.92 Å². The minimum atomic E-state index is -0.00797. The van der Waals surface area contributed by atoms with Crippen LogP contribution in [0.15, 0.2) is 36.5 Å². The van der Waals surface area contributed by atoms with Crippen molar-refractivity contribution in [3.63, 3.8) is 0 Å². The van der Waals surface area contributed by atoms with Crippen molar-refractivity contribution >= 4 is 11.7 Å². The number of carbonyl (C=O) groups excluding carboxylic acids is 1. The van der Waals surface area contributed by atoms with E-state index < -0.39 is 0 Å². The second-order valence-electron chi connectivity index (χ2n) is 5.74. The van der Waals surface area contributed by atoms with E-state index in [9.17, 15) is 4.79 Å². The number of para-hydroxylation sites is 1. The van der Waals surface area contributed by atoms with Gasteiger partial charge in [-0.1, -0.05) is 37.1 Å². The topological polar surface area (TPSA) is 32.3 Å². The fourth-order valence-corrected chi connectivity index (χ4v) is 3.23. The Morgan fingerprint density at radius 3 is 2.85 bits per heavy atom. The van der Waals surface area contributed by atoms with E-state index in [4.69, 9.17) is 0 Å². The molecule has 1 N–H and O–H groups in total. The molecule has 3 nitrogen and oxygen atoms in total. The molecule has 3 heteroatoms. The van der Waals surface area contributed by atoms with Crippen LogP contribution >= 0.6 is 0 Å². The van der Waals surface area contributed by atoms with E-state index in [1.807, 2.05) is 29.3 Å². The lowest BCUT2D eigenvalue weighted by molar-refractivity contribution is 0.249. The van der Waals surface area contributed by atoms with Crippen LogP contribution in [-0.2, 0) is 6.42 Å². The number of allylic oxidation sites excluding steroid dienone is 1. The zero-order chi connectivity index (χ0) is 13.8. The van der Waals surface area contributed by atoms with Crippen LogP contribution in [0.4, 0.5) is 10.5 Å². The molecule has 0 atom stereocenters. The van der Waals surface area contributed by atoms with Crippen molar-refractivity contribution < 1.29 is 4.79 Å². The van der Waals surface area contributed by atoms with Crippen molar-refractivity contribution in [1.82, 2.24) is 5.32 Å². The molecule has 0 bridgehead atoms. The fraction of sp³-hybridized carbons (Fsp3) is 0.471. The molecule has 106 valence electrons. The highest BCUT2D eigenvalue weighted by Gasteiger charge is 2.21. The van der Waals surface area contributed by atoms with Gasteiger partial charge in [-0.05, 0) is 43.2 Å². The molecule has 1 aromatic rings. The number of carbonyl (C=O) groups is 1. The fourth-order valence-electron chi connectivity index (χ4n) is 3.23. The maximum Gasteiger partial charge on any atom is 0.325 e. The molecule has 0 spiro atoms. The van der Waals surface area contributed by atoms with E-state index in [2.05, 4.69) is 17.5 Å². The second kappa shape index (κ2) is 6.12. The van der Waals surface area contributed by atoms with Crippen molar-refractivity contribution in [2.45, 2.75) is 38.5 Å². The van der Waals surface area contributed by atoms with Gasteiger partial charge in [0.05, 0.1) is 0 Å². The monoisotopic (exact) mass is 270 g/mol. The number of benzene rings is 1. The number of nitrogens with one attached hydrogen (secondary N) is 1. The Hall–Kier alpha value is -1.77. The summed E-state index contributed by atoms with van der Waals surface area (Å²) in [6.07, 6.45) is 11.3. The molecule has 2 aliphatic rings. The molecule has 0 unspecified atom stereocenters. The first-order valence-corrected chi connectivity index (χ1v) is 7.67. The SMILES string of the molecule is O=C(N/C=C/C1CCCC1)N1CCCc2ccccc21. The summed E-state index contributed by atoms with van der Waals surface area (Å²) >= 11 is 0. The Morgan fingerprint density at radius 2 is 2.00 bits per heavy atom. The highest BCUT2D eigenvalue weighted by Crippen LogP contribution is 2.27. The van der Waals surface area contributed by atoms with Crippen molar-refractivity contribution in [1.29, 1.82) is 0 Å². The van der Waals surface area contributed by atoms with Gasteiger partial charge >= 0.3 is 6.03 Å². The number of anilines is 1. The van der Waals surface area contributed by atoms with Crippen LogP contribution in [0.1, 0.15) is 37.7 Å². The summed E-state index contributed by atoms with van der Waals surface area (Å²) in [5.41, 5.74) is 2.33. The lowest BCUT2D eigenvalue weighted by Gasteiger charge is -2.29. The quantitative estimate of drug-likeness (QED) is 0.869. The van der Waals surface area contributed by atoms with Gasteiger partial charge < -0.3 is 5.32 Å². The van der Waals surface area contributed by atoms with Crippen LogP contribution < -0.4 is 10.2 Å². The van der Waals surface area contributed by atoms with E-state index in [1.54, 1.807) is 0 Å². The Bertz CT molecular complexity index is 503. The highest BCUT2D eigenvalue weighted by molar-refractivity contribution is 5.93. The zero-order valence-electron chi connectivity index (χ0n) is 11.8. The Labute approximate surface area is 120 Å². The molecule has 0 saturated heterocycles. The number of urea groups is 1. The van der Waals surface area contributed by atoms with Crippen LogP contribution in [0.5, 0.6) is 0 Å². The molecule has 0 aromatic heterocycles. The summed E-state index contributed by atoms with van der Waals surface area (Å²) < 4.78 is 0. The van der Waals surface area contributed by atoms with E-state index in [-0.39, 0.29) is 6.03 Å². The van der Waals surface area contributed by atoms with Crippen molar-refractivity contribution in [3.05, 3.63) is 42.1 Å². The van der Waals surface area contributed by atoms with Gasteiger partial charge in [-0.25, -0.2) is 4.79 Å². The van der Waals surface area contributed by atoms with Gasteiger partial charge in [0.2, 0.25) is 0 Å². The third kappa shape index (κ3) is 2.87. The molecule has 20 heavy (non-hydrogen) atoms. The van der Waals surface area contributed by atoms with Crippen molar-refractivity contribution in [2.24, 2.45) is 5.92 Å². The lowest BCUT2D eigenvalue weighted by Crippen LogP contribution is -2.40. The van der Waals surface area contributed by atoms with Gasteiger partial charge in [0.25, 0.3) is 0 Å². The zero-order valence-corrected chi connectivity index (χ0v) is 11.8. The normalized spacial score (nSPS) is 19.3. The predicted molar refractivity (Wildman–Crippen MR) is 81.7 cm³/mol. The minimum Gasteiger partial charge on any atom is -0.315 e. The largest absolute Gasteiger partial charge is 0.325 e. The van der Waals surface area contributed by atoms with E-state index in [0.717, 1.165) is 25.1 Å². The standard InChI is InChI=1S/C17H22N2O/c20-17(18-12-11-14-6-1-2-7-14)19-13-5-9-15-8-3-4-10-16(15)19/h3-4,8,10-12,14H,1-2,5-7,9,13H2,(H,18,20)/b12-11+.